The summed E-state index contributed by atoms with van der Waals surface area (Å²) in [4.78, 5) is 15.6. The van der Waals surface area contributed by atoms with Crippen LogP contribution in [0.2, 0.25) is 0 Å². The summed E-state index contributed by atoms with van der Waals surface area (Å²) >= 11 is 0. The van der Waals surface area contributed by atoms with Crippen molar-refractivity contribution in [2.24, 2.45) is 11.7 Å². The van der Waals surface area contributed by atoms with Gasteiger partial charge in [-0.1, -0.05) is 19.9 Å². The summed E-state index contributed by atoms with van der Waals surface area (Å²) < 4.78 is 7.42. The average Bonchev–Trinajstić information content (AvgIpc) is 2.83. The maximum Gasteiger partial charge on any atom is 0.252 e. The molecule has 1 amide bonds. The number of ether oxygens (including phenoxy) is 1. The first kappa shape index (κ1) is 14.8. The molecule has 0 aliphatic rings. The van der Waals surface area contributed by atoms with Gasteiger partial charge >= 0.3 is 0 Å². The molecule has 0 spiro atoms. The smallest absolute Gasteiger partial charge is 0.252 e. The number of primary amides is 1. The molecule has 0 fully saturated rings. The molecule has 0 radical (unpaired) electrons. The lowest BCUT2D eigenvalue weighted by atomic mass is 10.1. The zero-order valence-corrected chi connectivity index (χ0v) is 12.1. The number of hydrogen-bond donors (Lipinski definition) is 2. The van der Waals surface area contributed by atoms with Crippen molar-refractivity contribution in [2.75, 3.05) is 5.73 Å². The first-order valence-electron chi connectivity index (χ1n) is 6.66. The molecule has 7 nitrogen and oxygen atoms in total. The molecule has 0 saturated heterocycles. The third-order valence-corrected chi connectivity index (χ3v) is 2.89. The molecule has 2 aromatic rings. The fourth-order valence-corrected chi connectivity index (χ4v) is 1.94. The van der Waals surface area contributed by atoms with Gasteiger partial charge in [0.05, 0.1) is 11.3 Å². The number of anilines is 1. The maximum absolute atomic E-state index is 11.4. The highest BCUT2D eigenvalue weighted by molar-refractivity contribution is 5.97. The molecule has 0 saturated carbocycles. The van der Waals surface area contributed by atoms with Crippen LogP contribution in [0.25, 0.3) is 0 Å². The quantitative estimate of drug-likeness (QED) is 0.776. The van der Waals surface area contributed by atoms with Crippen LogP contribution in [0.15, 0.2) is 24.5 Å². The topological polar surface area (TPSA) is 109 Å². The van der Waals surface area contributed by atoms with Crippen molar-refractivity contribution in [1.29, 1.82) is 0 Å². The van der Waals surface area contributed by atoms with Gasteiger partial charge in [0.2, 0.25) is 0 Å². The Bertz CT molecular complexity index is 636. The van der Waals surface area contributed by atoms with Gasteiger partial charge in [0.25, 0.3) is 5.91 Å². The highest BCUT2D eigenvalue weighted by Crippen LogP contribution is 2.26. The summed E-state index contributed by atoms with van der Waals surface area (Å²) in [6, 6.07) is 4.89. The van der Waals surface area contributed by atoms with E-state index in [9.17, 15) is 4.79 Å². The van der Waals surface area contributed by atoms with E-state index in [1.165, 1.54) is 6.33 Å². The van der Waals surface area contributed by atoms with Crippen molar-refractivity contribution >= 4 is 11.6 Å². The first-order valence-corrected chi connectivity index (χ1v) is 6.66. The number of carbonyl (C=O) groups excluding carboxylic acids is 1. The highest BCUT2D eigenvalue weighted by Gasteiger charge is 2.14. The van der Waals surface area contributed by atoms with Gasteiger partial charge in [-0.2, -0.15) is 5.10 Å². The van der Waals surface area contributed by atoms with Gasteiger partial charge in [0.1, 0.15) is 12.9 Å². The van der Waals surface area contributed by atoms with Crippen LogP contribution < -0.4 is 16.2 Å². The van der Waals surface area contributed by atoms with E-state index in [0.29, 0.717) is 17.4 Å². The fraction of sp³-hybridized carbons (Fsp3) is 0.357. The number of nitrogens with zero attached hydrogens (tertiary/aromatic N) is 3. The van der Waals surface area contributed by atoms with Gasteiger partial charge in [0.15, 0.2) is 11.6 Å². The van der Waals surface area contributed by atoms with Crippen molar-refractivity contribution in [3.63, 3.8) is 0 Å². The molecular formula is C14H19N5O2. The minimum atomic E-state index is -0.582. The summed E-state index contributed by atoms with van der Waals surface area (Å²) in [5.74, 6) is 0.806. The Labute approximate surface area is 122 Å². The second-order valence-electron chi connectivity index (χ2n) is 5.13. The highest BCUT2D eigenvalue weighted by atomic mass is 16.5. The number of carbonyl (C=O) groups is 1. The molecule has 0 bridgehead atoms. The molecule has 2 rings (SSSR count). The fourth-order valence-electron chi connectivity index (χ4n) is 1.94. The van der Waals surface area contributed by atoms with Crippen LogP contribution in [0.4, 0.5) is 5.69 Å². The Morgan fingerprint density at radius 1 is 1.43 bits per heavy atom. The summed E-state index contributed by atoms with van der Waals surface area (Å²) in [7, 11) is 0. The van der Waals surface area contributed by atoms with Crippen molar-refractivity contribution < 1.29 is 9.53 Å². The third-order valence-electron chi connectivity index (χ3n) is 2.89. The van der Waals surface area contributed by atoms with Gasteiger partial charge in [-0.3, -0.25) is 4.79 Å². The van der Waals surface area contributed by atoms with Crippen LogP contribution in [-0.4, -0.2) is 20.7 Å². The second-order valence-corrected chi connectivity index (χ2v) is 5.13. The molecule has 1 aromatic heterocycles. The summed E-state index contributed by atoms with van der Waals surface area (Å²) in [6.45, 7) is 5.09. The van der Waals surface area contributed by atoms with E-state index in [1.54, 1.807) is 22.9 Å². The van der Waals surface area contributed by atoms with E-state index in [-0.39, 0.29) is 17.9 Å². The molecule has 21 heavy (non-hydrogen) atoms. The standard InChI is InChI=1S/C14H19N5O2/c1-9(2)6-19-12(17-8-18-19)7-21-13-10(14(16)20)4-3-5-11(13)15/h3-5,8-9H,6-7,15H2,1-2H3,(H2,16,20). The molecule has 0 atom stereocenters. The van der Waals surface area contributed by atoms with Crippen LogP contribution in [0.1, 0.15) is 30.0 Å². The van der Waals surface area contributed by atoms with Crippen LogP contribution >= 0.6 is 0 Å². The molecular weight excluding hydrogens is 270 g/mol. The maximum atomic E-state index is 11.4. The molecule has 0 unspecified atom stereocenters. The van der Waals surface area contributed by atoms with Crippen molar-refractivity contribution in [3.05, 3.63) is 35.9 Å². The van der Waals surface area contributed by atoms with Crippen LogP contribution in [0.3, 0.4) is 0 Å². The molecule has 4 N–H and O–H groups in total. The number of benzene rings is 1. The van der Waals surface area contributed by atoms with E-state index in [0.717, 1.165) is 6.54 Å². The minimum Gasteiger partial charge on any atom is -0.483 e. The zero-order chi connectivity index (χ0) is 15.4. The van der Waals surface area contributed by atoms with E-state index < -0.39 is 5.91 Å². The first-order chi connectivity index (χ1) is 9.99. The number of hydrogen-bond acceptors (Lipinski definition) is 5. The SMILES string of the molecule is CC(C)Cn1ncnc1COc1c(N)cccc1C(N)=O. The molecule has 0 aliphatic carbocycles. The predicted octanol–water partition coefficient (Wildman–Crippen LogP) is 1.19. The lowest BCUT2D eigenvalue weighted by Crippen LogP contribution is -2.16. The average molecular weight is 289 g/mol. The van der Waals surface area contributed by atoms with Crippen molar-refractivity contribution in [2.45, 2.75) is 27.0 Å². The Kier molecular flexibility index (Phi) is 4.42. The van der Waals surface area contributed by atoms with E-state index >= 15 is 0 Å². The number of rotatable bonds is 6. The Morgan fingerprint density at radius 3 is 2.86 bits per heavy atom. The lowest BCUT2D eigenvalue weighted by Gasteiger charge is -2.13. The van der Waals surface area contributed by atoms with Gasteiger partial charge in [-0.25, -0.2) is 9.67 Å². The summed E-state index contributed by atoms with van der Waals surface area (Å²) in [5.41, 5.74) is 11.8. The number of para-hydroxylation sites is 1. The molecule has 1 aromatic carbocycles. The Hall–Kier alpha value is -2.57. The molecule has 112 valence electrons. The lowest BCUT2D eigenvalue weighted by molar-refractivity contribution is 0.0996. The number of nitrogen functional groups attached to an aromatic ring is 1. The van der Waals surface area contributed by atoms with E-state index in [1.807, 2.05) is 0 Å². The Balaban J connectivity index is 2.17. The third kappa shape index (κ3) is 3.50. The second kappa shape index (κ2) is 6.25. The largest absolute Gasteiger partial charge is 0.483 e. The van der Waals surface area contributed by atoms with E-state index in [4.69, 9.17) is 16.2 Å². The minimum absolute atomic E-state index is 0.168. The van der Waals surface area contributed by atoms with Crippen LogP contribution in [-0.2, 0) is 13.2 Å². The van der Waals surface area contributed by atoms with Gasteiger partial charge in [0, 0.05) is 6.54 Å². The monoisotopic (exact) mass is 289 g/mol. The van der Waals surface area contributed by atoms with Crippen LogP contribution in [0, 0.1) is 5.92 Å². The van der Waals surface area contributed by atoms with Crippen LogP contribution in [0.5, 0.6) is 5.75 Å². The number of aromatic nitrogens is 3. The normalized spacial score (nSPS) is 10.8. The van der Waals surface area contributed by atoms with E-state index in [2.05, 4.69) is 23.9 Å². The number of nitrogens with two attached hydrogens (primary N) is 2. The Morgan fingerprint density at radius 2 is 2.19 bits per heavy atom. The predicted molar refractivity (Wildman–Crippen MR) is 78.6 cm³/mol. The zero-order valence-electron chi connectivity index (χ0n) is 12.1. The van der Waals surface area contributed by atoms with Crippen molar-refractivity contribution in [3.8, 4) is 5.75 Å². The van der Waals surface area contributed by atoms with Gasteiger partial charge in [-0.15, -0.1) is 0 Å². The number of amides is 1. The summed E-state index contributed by atoms with van der Waals surface area (Å²) in [5, 5.41) is 4.15. The molecule has 1 heterocycles. The summed E-state index contributed by atoms with van der Waals surface area (Å²) in [6.07, 6.45) is 1.48. The van der Waals surface area contributed by atoms with Crippen molar-refractivity contribution in [1.82, 2.24) is 14.8 Å². The molecule has 0 aliphatic heterocycles. The van der Waals surface area contributed by atoms with Gasteiger partial charge in [-0.05, 0) is 18.1 Å². The van der Waals surface area contributed by atoms with Gasteiger partial charge < -0.3 is 16.2 Å². The molecule has 7 heteroatoms.